The van der Waals surface area contributed by atoms with Crippen molar-refractivity contribution >= 4 is 11.8 Å². The zero-order valence-corrected chi connectivity index (χ0v) is 11.3. The van der Waals surface area contributed by atoms with E-state index in [2.05, 4.69) is 34.6 Å². The number of anilines is 1. The molecule has 0 saturated heterocycles. The van der Waals surface area contributed by atoms with E-state index in [1.54, 1.807) is 19.1 Å². The minimum atomic E-state index is -0.924. The topological polar surface area (TPSA) is 62.2 Å². The fraction of sp³-hybridized carbons (Fsp3) is 0.250. The smallest absolute Gasteiger partial charge is 0.335 e. The van der Waals surface area contributed by atoms with Gasteiger partial charge in [-0.25, -0.2) is 9.78 Å². The van der Waals surface area contributed by atoms with E-state index in [9.17, 15) is 4.79 Å². The molecule has 3 rings (SSSR count). The number of nitrogens with zero attached hydrogens (tertiary/aromatic N) is 1. The van der Waals surface area contributed by atoms with Gasteiger partial charge in [0.15, 0.2) is 0 Å². The molecule has 1 heterocycles. The Morgan fingerprint density at radius 2 is 2.20 bits per heavy atom. The van der Waals surface area contributed by atoms with Crippen LogP contribution in [0.5, 0.6) is 0 Å². The third-order valence-corrected chi connectivity index (χ3v) is 3.69. The van der Waals surface area contributed by atoms with Crippen molar-refractivity contribution in [3.05, 3.63) is 58.8 Å². The quantitative estimate of drug-likeness (QED) is 0.895. The SMILES string of the molecule is Cc1cc(C(=O)O)cc(NCC2Cc3ccccc32)n1. The molecule has 0 amide bonds. The molecule has 2 aromatic rings. The minimum absolute atomic E-state index is 0.272. The van der Waals surface area contributed by atoms with Crippen LogP contribution in [0.1, 0.15) is 33.1 Å². The number of pyridine rings is 1. The molecule has 0 spiro atoms. The van der Waals surface area contributed by atoms with E-state index in [4.69, 9.17) is 5.11 Å². The maximum atomic E-state index is 11.0. The normalized spacial score (nSPS) is 16.1. The first-order valence-electron chi connectivity index (χ1n) is 6.67. The van der Waals surface area contributed by atoms with Gasteiger partial charge in [0, 0.05) is 18.2 Å². The molecule has 1 atom stereocenters. The zero-order valence-electron chi connectivity index (χ0n) is 11.3. The van der Waals surface area contributed by atoms with Crippen molar-refractivity contribution in [1.82, 2.24) is 4.98 Å². The third kappa shape index (κ3) is 2.37. The van der Waals surface area contributed by atoms with Gasteiger partial charge in [-0.15, -0.1) is 0 Å². The van der Waals surface area contributed by atoms with Crippen LogP contribution in [0.25, 0.3) is 0 Å². The number of carbonyl (C=O) groups is 1. The van der Waals surface area contributed by atoms with Gasteiger partial charge >= 0.3 is 5.97 Å². The second-order valence-corrected chi connectivity index (χ2v) is 5.17. The predicted molar refractivity (Wildman–Crippen MR) is 77.3 cm³/mol. The van der Waals surface area contributed by atoms with Crippen molar-refractivity contribution in [3.8, 4) is 0 Å². The van der Waals surface area contributed by atoms with Gasteiger partial charge in [0.25, 0.3) is 0 Å². The summed E-state index contributed by atoms with van der Waals surface area (Å²) < 4.78 is 0. The van der Waals surface area contributed by atoms with Crippen LogP contribution in [0.4, 0.5) is 5.82 Å². The van der Waals surface area contributed by atoms with Gasteiger partial charge in [-0.1, -0.05) is 24.3 Å². The number of carboxylic acids is 1. The average molecular weight is 268 g/mol. The van der Waals surface area contributed by atoms with Crippen LogP contribution in [0, 0.1) is 6.92 Å². The monoisotopic (exact) mass is 268 g/mol. The molecule has 0 aliphatic heterocycles. The summed E-state index contributed by atoms with van der Waals surface area (Å²) in [5.74, 6) is 0.195. The number of aromatic carboxylic acids is 1. The van der Waals surface area contributed by atoms with E-state index in [1.165, 1.54) is 11.1 Å². The second-order valence-electron chi connectivity index (χ2n) is 5.17. The number of aromatic nitrogens is 1. The Morgan fingerprint density at radius 3 is 2.95 bits per heavy atom. The van der Waals surface area contributed by atoms with E-state index >= 15 is 0 Å². The number of hydrogen-bond acceptors (Lipinski definition) is 3. The molecule has 0 saturated carbocycles. The van der Waals surface area contributed by atoms with Crippen LogP contribution in [0.3, 0.4) is 0 Å². The molecule has 0 bridgehead atoms. The molecule has 1 aliphatic carbocycles. The number of hydrogen-bond donors (Lipinski definition) is 2. The second kappa shape index (κ2) is 4.96. The van der Waals surface area contributed by atoms with Crippen LogP contribution in [-0.2, 0) is 6.42 Å². The average Bonchev–Trinajstić information content (AvgIpc) is 2.39. The van der Waals surface area contributed by atoms with Gasteiger partial charge in [-0.3, -0.25) is 0 Å². The van der Waals surface area contributed by atoms with Crippen LogP contribution in [0.2, 0.25) is 0 Å². The summed E-state index contributed by atoms with van der Waals surface area (Å²) in [4.78, 5) is 15.3. The van der Waals surface area contributed by atoms with E-state index in [0.29, 0.717) is 17.4 Å². The number of benzene rings is 1. The van der Waals surface area contributed by atoms with Gasteiger partial charge in [0.05, 0.1) is 5.56 Å². The molecule has 1 aromatic heterocycles. The fourth-order valence-corrected chi connectivity index (χ4v) is 2.66. The molecular formula is C16H16N2O2. The standard InChI is InChI=1S/C16H16N2O2/c1-10-6-12(16(19)20)8-15(18-10)17-9-13-7-11-4-2-3-5-14(11)13/h2-6,8,13H,7,9H2,1H3,(H,17,18)(H,19,20). The van der Waals surface area contributed by atoms with Gasteiger partial charge in [-0.2, -0.15) is 0 Å². The summed E-state index contributed by atoms with van der Waals surface area (Å²) in [6.07, 6.45) is 1.07. The molecule has 4 nitrogen and oxygen atoms in total. The largest absolute Gasteiger partial charge is 0.478 e. The number of fused-ring (bicyclic) bond motifs is 1. The summed E-state index contributed by atoms with van der Waals surface area (Å²) in [6.45, 7) is 2.59. The summed E-state index contributed by atoms with van der Waals surface area (Å²) in [6, 6.07) is 11.6. The Morgan fingerprint density at radius 1 is 1.40 bits per heavy atom. The zero-order chi connectivity index (χ0) is 14.1. The van der Waals surface area contributed by atoms with Crippen LogP contribution >= 0.6 is 0 Å². The molecular weight excluding hydrogens is 252 g/mol. The Kier molecular flexibility index (Phi) is 3.14. The predicted octanol–water partition coefficient (Wildman–Crippen LogP) is 2.84. The molecule has 0 radical (unpaired) electrons. The Bertz CT molecular complexity index is 667. The Labute approximate surface area is 117 Å². The van der Waals surface area contributed by atoms with E-state index in [1.807, 2.05) is 0 Å². The first-order chi connectivity index (χ1) is 9.63. The first kappa shape index (κ1) is 12.7. The summed E-state index contributed by atoms with van der Waals surface area (Å²) in [5.41, 5.74) is 3.77. The maximum Gasteiger partial charge on any atom is 0.335 e. The number of aryl methyl sites for hydroxylation is 1. The lowest BCUT2D eigenvalue weighted by atomic mass is 9.77. The third-order valence-electron chi connectivity index (χ3n) is 3.69. The molecule has 1 aromatic carbocycles. The van der Waals surface area contributed by atoms with Crippen molar-refractivity contribution in [1.29, 1.82) is 0 Å². The molecule has 1 unspecified atom stereocenters. The maximum absolute atomic E-state index is 11.0. The highest BCUT2D eigenvalue weighted by Crippen LogP contribution is 2.34. The van der Waals surface area contributed by atoms with Gasteiger partial charge < -0.3 is 10.4 Å². The van der Waals surface area contributed by atoms with E-state index in [-0.39, 0.29) is 5.56 Å². The minimum Gasteiger partial charge on any atom is -0.478 e. The van der Waals surface area contributed by atoms with Crippen molar-refractivity contribution in [2.75, 3.05) is 11.9 Å². The van der Waals surface area contributed by atoms with Crippen molar-refractivity contribution in [2.24, 2.45) is 0 Å². The lowest BCUT2D eigenvalue weighted by molar-refractivity contribution is 0.0696. The number of rotatable bonds is 4. The van der Waals surface area contributed by atoms with Crippen molar-refractivity contribution in [2.45, 2.75) is 19.3 Å². The summed E-state index contributed by atoms with van der Waals surface area (Å²) in [7, 11) is 0. The summed E-state index contributed by atoms with van der Waals surface area (Å²) >= 11 is 0. The van der Waals surface area contributed by atoms with Gasteiger partial charge in [-0.05, 0) is 36.6 Å². The van der Waals surface area contributed by atoms with E-state index < -0.39 is 5.97 Å². The molecule has 20 heavy (non-hydrogen) atoms. The molecule has 102 valence electrons. The van der Waals surface area contributed by atoms with Crippen molar-refractivity contribution in [3.63, 3.8) is 0 Å². The molecule has 2 N–H and O–H groups in total. The fourth-order valence-electron chi connectivity index (χ4n) is 2.66. The Balaban J connectivity index is 1.69. The molecule has 0 fully saturated rings. The van der Waals surface area contributed by atoms with Crippen LogP contribution < -0.4 is 5.32 Å². The lowest BCUT2D eigenvalue weighted by Crippen LogP contribution is -2.24. The highest BCUT2D eigenvalue weighted by Gasteiger charge is 2.25. The van der Waals surface area contributed by atoms with Crippen LogP contribution in [0.15, 0.2) is 36.4 Å². The number of carboxylic acid groups (broad SMARTS) is 1. The van der Waals surface area contributed by atoms with Gasteiger partial charge in [0.1, 0.15) is 5.82 Å². The van der Waals surface area contributed by atoms with Crippen LogP contribution in [-0.4, -0.2) is 22.6 Å². The Hall–Kier alpha value is -2.36. The van der Waals surface area contributed by atoms with Gasteiger partial charge in [0.2, 0.25) is 0 Å². The highest BCUT2D eigenvalue weighted by molar-refractivity contribution is 5.88. The highest BCUT2D eigenvalue weighted by atomic mass is 16.4. The van der Waals surface area contributed by atoms with Crippen molar-refractivity contribution < 1.29 is 9.90 Å². The number of nitrogens with one attached hydrogen (secondary N) is 1. The first-order valence-corrected chi connectivity index (χ1v) is 6.67. The molecule has 1 aliphatic rings. The lowest BCUT2D eigenvalue weighted by Gasteiger charge is -2.30. The summed E-state index contributed by atoms with van der Waals surface area (Å²) in [5, 5.41) is 12.3. The molecule has 4 heteroatoms. The van der Waals surface area contributed by atoms with E-state index in [0.717, 1.165) is 13.0 Å².